The van der Waals surface area contributed by atoms with E-state index in [1.54, 1.807) is 10.9 Å². The molecule has 0 saturated carbocycles. The molecule has 2 aromatic heterocycles. The van der Waals surface area contributed by atoms with E-state index in [2.05, 4.69) is 32.2 Å². The fraction of sp³-hybridized carbons (Fsp3) is 0.545. The van der Waals surface area contributed by atoms with Gasteiger partial charge in [-0.3, -0.25) is 0 Å². The minimum Gasteiger partial charge on any atom is -0.463 e. The predicted octanol–water partition coefficient (Wildman–Crippen LogP) is 1.98. The molecule has 0 aliphatic heterocycles. The van der Waals surface area contributed by atoms with Gasteiger partial charge in [0.2, 0.25) is 5.28 Å². The second-order valence-corrected chi connectivity index (χ2v) is 4.24. The Kier molecular flexibility index (Phi) is 4.62. The molecule has 102 valence electrons. The van der Waals surface area contributed by atoms with Gasteiger partial charge in [-0.2, -0.15) is 15.0 Å². The average molecular weight is 283 g/mol. The minimum absolute atomic E-state index is 0.0975. The van der Waals surface area contributed by atoms with Crippen molar-refractivity contribution in [2.24, 2.45) is 0 Å². The molecule has 2 aromatic rings. The van der Waals surface area contributed by atoms with Crippen LogP contribution in [0.15, 0.2) is 6.20 Å². The number of nitrogens with zero attached hydrogens (tertiary/aromatic N) is 6. The SMILES string of the molecule is CCCOc1nc(Cl)nc(-c2cnnn2CCC)n1. The molecule has 0 spiro atoms. The van der Waals surface area contributed by atoms with E-state index in [9.17, 15) is 0 Å². The average Bonchev–Trinajstić information content (AvgIpc) is 2.84. The van der Waals surface area contributed by atoms with Crippen LogP contribution in [0.2, 0.25) is 5.28 Å². The quantitative estimate of drug-likeness (QED) is 0.806. The van der Waals surface area contributed by atoms with Gasteiger partial charge in [-0.25, -0.2) is 4.68 Å². The molecule has 0 aliphatic rings. The standard InChI is InChI=1S/C11H15ClN6O/c1-3-5-18-8(7-13-17-18)9-14-10(12)16-11(15-9)19-6-4-2/h7H,3-6H2,1-2H3. The highest BCUT2D eigenvalue weighted by molar-refractivity contribution is 6.28. The summed E-state index contributed by atoms with van der Waals surface area (Å²) < 4.78 is 7.11. The van der Waals surface area contributed by atoms with E-state index in [1.165, 1.54) is 0 Å². The van der Waals surface area contributed by atoms with Crippen molar-refractivity contribution in [2.75, 3.05) is 6.61 Å². The van der Waals surface area contributed by atoms with Gasteiger partial charge >= 0.3 is 6.01 Å². The van der Waals surface area contributed by atoms with E-state index in [0.717, 1.165) is 19.4 Å². The van der Waals surface area contributed by atoms with Crippen LogP contribution in [0, 0.1) is 0 Å². The zero-order chi connectivity index (χ0) is 13.7. The number of halogens is 1. The van der Waals surface area contributed by atoms with Gasteiger partial charge in [0.05, 0.1) is 12.8 Å². The molecule has 0 atom stereocenters. The zero-order valence-corrected chi connectivity index (χ0v) is 11.6. The predicted molar refractivity (Wildman–Crippen MR) is 69.9 cm³/mol. The van der Waals surface area contributed by atoms with Gasteiger partial charge in [-0.15, -0.1) is 5.10 Å². The highest BCUT2D eigenvalue weighted by atomic mass is 35.5. The summed E-state index contributed by atoms with van der Waals surface area (Å²) in [5.74, 6) is 0.421. The summed E-state index contributed by atoms with van der Waals surface area (Å²) in [6.45, 7) is 5.33. The van der Waals surface area contributed by atoms with E-state index >= 15 is 0 Å². The third-order valence-electron chi connectivity index (χ3n) is 2.31. The Morgan fingerprint density at radius 3 is 2.79 bits per heavy atom. The van der Waals surface area contributed by atoms with Gasteiger partial charge in [0.1, 0.15) is 5.69 Å². The summed E-state index contributed by atoms with van der Waals surface area (Å²) >= 11 is 5.88. The molecule has 7 nitrogen and oxygen atoms in total. The van der Waals surface area contributed by atoms with Crippen molar-refractivity contribution in [1.82, 2.24) is 29.9 Å². The first-order chi connectivity index (χ1) is 9.24. The van der Waals surface area contributed by atoms with Crippen LogP contribution in [-0.4, -0.2) is 36.6 Å². The third kappa shape index (κ3) is 3.37. The van der Waals surface area contributed by atoms with Crippen LogP contribution >= 0.6 is 11.6 Å². The summed E-state index contributed by atoms with van der Waals surface area (Å²) in [7, 11) is 0. The highest BCUT2D eigenvalue weighted by Crippen LogP contribution is 2.18. The van der Waals surface area contributed by atoms with Crippen molar-refractivity contribution < 1.29 is 4.74 Å². The molecule has 0 amide bonds. The molecule has 8 heteroatoms. The third-order valence-corrected chi connectivity index (χ3v) is 2.47. The van der Waals surface area contributed by atoms with Crippen LogP contribution in [0.3, 0.4) is 0 Å². The maximum Gasteiger partial charge on any atom is 0.321 e. The van der Waals surface area contributed by atoms with Crippen LogP contribution in [0.1, 0.15) is 26.7 Å². The number of hydrogen-bond donors (Lipinski definition) is 0. The molecule has 0 saturated heterocycles. The van der Waals surface area contributed by atoms with E-state index in [4.69, 9.17) is 16.3 Å². The first-order valence-corrected chi connectivity index (χ1v) is 6.55. The molecule has 19 heavy (non-hydrogen) atoms. The van der Waals surface area contributed by atoms with Crippen molar-refractivity contribution in [3.05, 3.63) is 11.5 Å². The van der Waals surface area contributed by atoms with Crippen molar-refractivity contribution in [1.29, 1.82) is 0 Å². The molecule has 0 aromatic carbocycles. The molecule has 0 unspecified atom stereocenters. The molecular weight excluding hydrogens is 268 g/mol. The van der Waals surface area contributed by atoms with Crippen LogP contribution in [-0.2, 0) is 6.54 Å². The lowest BCUT2D eigenvalue weighted by atomic mass is 10.4. The van der Waals surface area contributed by atoms with E-state index in [1.807, 2.05) is 6.92 Å². The van der Waals surface area contributed by atoms with Gasteiger partial charge in [-0.1, -0.05) is 19.1 Å². The summed E-state index contributed by atoms with van der Waals surface area (Å²) in [6.07, 6.45) is 3.41. The van der Waals surface area contributed by atoms with Crippen LogP contribution in [0.5, 0.6) is 6.01 Å². The molecule has 2 heterocycles. The molecular formula is C11H15ClN6O. The number of aryl methyl sites for hydroxylation is 1. The molecule has 0 radical (unpaired) electrons. The summed E-state index contributed by atoms with van der Waals surface area (Å²) in [6, 6.07) is 0.223. The molecule has 0 N–H and O–H groups in total. The summed E-state index contributed by atoms with van der Waals surface area (Å²) in [5.41, 5.74) is 0.701. The van der Waals surface area contributed by atoms with Crippen LogP contribution in [0.4, 0.5) is 0 Å². The number of aromatic nitrogens is 6. The van der Waals surface area contributed by atoms with Crippen LogP contribution < -0.4 is 4.74 Å². The number of ether oxygens (including phenoxy) is 1. The Morgan fingerprint density at radius 2 is 2.05 bits per heavy atom. The van der Waals surface area contributed by atoms with Crippen molar-refractivity contribution in [2.45, 2.75) is 33.2 Å². The first-order valence-electron chi connectivity index (χ1n) is 6.17. The Balaban J connectivity index is 2.32. The van der Waals surface area contributed by atoms with Crippen molar-refractivity contribution in [3.63, 3.8) is 0 Å². The largest absolute Gasteiger partial charge is 0.463 e. The number of rotatable bonds is 6. The van der Waals surface area contributed by atoms with Gasteiger partial charge in [0.15, 0.2) is 5.82 Å². The number of hydrogen-bond acceptors (Lipinski definition) is 6. The van der Waals surface area contributed by atoms with Crippen molar-refractivity contribution >= 4 is 11.6 Å². The monoisotopic (exact) mass is 282 g/mol. The Labute approximate surface area is 116 Å². The van der Waals surface area contributed by atoms with Crippen LogP contribution in [0.25, 0.3) is 11.5 Å². The second-order valence-electron chi connectivity index (χ2n) is 3.90. The van der Waals surface area contributed by atoms with Gasteiger partial charge in [0.25, 0.3) is 0 Å². The fourth-order valence-electron chi connectivity index (χ4n) is 1.51. The molecule has 2 rings (SSSR count). The maximum atomic E-state index is 5.88. The van der Waals surface area contributed by atoms with Gasteiger partial charge in [0, 0.05) is 6.54 Å². The molecule has 0 fully saturated rings. The fourth-order valence-corrected chi connectivity index (χ4v) is 1.66. The van der Waals surface area contributed by atoms with E-state index < -0.39 is 0 Å². The lowest BCUT2D eigenvalue weighted by Gasteiger charge is -2.06. The lowest BCUT2D eigenvalue weighted by molar-refractivity contribution is 0.291. The Hall–Kier alpha value is -1.76. The maximum absolute atomic E-state index is 5.88. The van der Waals surface area contributed by atoms with Gasteiger partial charge in [-0.05, 0) is 24.4 Å². The Bertz CT molecular complexity index is 544. The topological polar surface area (TPSA) is 78.6 Å². The highest BCUT2D eigenvalue weighted by Gasteiger charge is 2.13. The smallest absolute Gasteiger partial charge is 0.321 e. The Morgan fingerprint density at radius 1 is 1.21 bits per heavy atom. The summed E-state index contributed by atoms with van der Waals surface area (Å²) in [4.78, 5) is 12.2. The molecule has 0 bridgehead atoms. The van der Waals surface area contributed by atoms with E-state index in [0.29, 0.717) is 18.1 Å². The van der Waals surface area contributed by atoms with E-state index in [-0.39, 0.29) is 11.3 Å². The van der Waals surface area contributed by atoms with Crippen molar-refractivity contribution in [3.8, 4) is 17.5 Å². The first kappa shape index (κ1) is 13.7. The summed E-state index contributed by atoms with van der Waals surface area (Å²) in [5, 5.41) is 7.95. The van der Waals surface area contributed by atoms with Gasteiger partial charge < -0.3 is 4.74 Å². The minimum atomic E-state index is 0.0975. The normalized spacial score (nSPS) is 10.7. The molecule has 0 aliphatic carbocycles. The lowest BCUT2D eigenvalue weighted by Crippen LogP contribution is -2.06. The second kappa shape index (κ2) is 6.42. The zero-order valence-electron chi connectivity index (χ0n) is 10.9.